The normalized spacial score (nSPS) is 12.2. The molecule has 7 heteroatoms. The minimum Gasteiger partial charge on any atom is -0.493 e. The first-order valence-corrected chi connectivity index (χ1v) is 8.99. The average molecular weight is 493 g/mol. The summed E-state index contributed by atoms with van der Waals surface area (Å²) in [5, 5.41) is 6.72. The van der Waals surface area contributed by atoms with Crippen molar-refractivity contribution in [2.24, 2.45) is 4.99 Å². The predicted octanol–water partition coefficient (Wildman–Crippen LogP) is 3.58. The fourth-order valence-corrected chi connectivity index (χ4v) is 2.34. The molecule has 0 spiro atoms. The lowest BCUT2D eigenvalue weighted by Gasteiger charge is -2.28. The highest BCUT2D eigenvalue weighted by molar-refractivity contribution is 14.0. The third kappa shape index (κ3) is 8.13. The maximum Gasteiger partial charge on any atom is 0.191 e. The number of ether oxygens (including phenoxy) is 3. The summed E-state index contributed by atoms with van der Waals surface area (Å²) in [5.41, 5.74) is 0.754. The summed E-state index contributed by atoms with van der Waals surface area (Å²) in [6.45, 7) is 12.6. The zero-order valence-electron chi connectivity index (χ0n) is 17.9. The molecule has 1 rings (SSSR count). The molecule has 0 bridgehead atoms. The summed E-state index contributed by atoms with van der Waals surface area (Å²) in [4.78, 5) is 4.64. The number of aliphatic imine (C=N–C) groups is 1. The van der Waals surface area contributed by atoms with Crippen molar-refractivity contribution in [2.45, 2.75) is 45.6 Å². The lowest BCUT2D eigenvalue weighted by atomic mass is 9.84. The summed E-state index contributed by atoms with van der Waals surface area (Å²) in [6.07, 6.45) is 0. The minimum atomic E-state index is -0.290. The molecular formula is C20H36IN3O3. The van der Waals surface area contributed by atoms with Gasteiger partial charge in [0.15, 0.2) is 17.5 Å². The van der Waals surface area contributed by atoms with E-state index in [1.807, 2.05) is 26.0 Å². The highest BCUT2D eigenvalue weighted by Gasteiger charge is 2.23. The summed E-state index contributed by atoms with van der Waals surface area (Å²) in [5.74, 6) is 2.25. The molecule has 2 N–H and O–H groups in total. The fourth-order valence-electron chi connectivity index (χ4n) is 2.34. The second-order valence-corrected chi connectivity index (χ2v) is 7.47. The maximum atomic E-state index is 5.44. The first-order valence-electron chi connectivity index (χ1n) is 8.99. The highest BCUT2D eigenvalue weighted by Crippen LogP contribution is 2.32. The Morgan fingerprint density at radius 1 is 1.00 bits per heavy atom. The van der Waals surface area contributed by atoms with E-state index in [9.17, 15) is 0 Å². The van der Waals surface area contributed by atoms with Gasteiger partial charge in [-0.15, -0.1) is 24.0 Å². The topological polar surface area (TPSA) is 64.1 Å². The Kier molecular flexibility index (Phi) is 11.1. The number of hydrogen-bond donors (Lipinski definition) is 2. The molecule has 0 unspecified atom stereocenters. The van der Waals surface area contributed by atoms with Gasteiger partial charge in [0.05, 0.1) is 26.4 Å². The zero-order valence-corrected chi connectivity index (χ0v) is 20.3. The summed E-state index contributed by atoms with van der Waals surface area (Å²) in [6, 6.07) is 6.04. The van der Waals surface area contributed by atoms with E-state index < -0.39 is 0 Å². The quantitative estimate of drug-likeness (QED) is 0.313. The smallest absolute Gasteiger partial charge is 0.191 e. The average Bonchev–Trinajstić information content (AvgIpc) is 2.63. The van der Waals surface area contributed by atoms with E-state index in [1.165, 1.54) is 0 Å². The van der Waals surface area contributed by atoms with Crippen LogP contribution in [0.4, 0.5) is 0 Å². The predicted molar refractivity (Wildman–Crippen MR) is 123 cm³/mol. The van der Waals surface area contributed by atoms with Crippen LogP contribution in [0.25, 0.3) is 0 Å². The van der Waals surface area contributed by atoms with Gasteiger partial charge in [-0.05, 0) is 38.5 Å². The van der Waals surface area contributed by atoms with Crippen LogP contribution < -0.4 is 20.1 Å². The van der Waals surface area contributed by atoms with Gasteiger partial charge in [0.25, 0.3) is 0 Å². The number of nitrogens with zero attached hydrogens (tertiary/aromatic N) is 1. The number of benzene rings is 1. The Bertz CT molecular complexity index is 604. The van der Waals surface area contributed by atoms with Crippen molar-refractivity contribution in [1.29, 1.82) is 0 Å². The Morgan fingerprint density at radius 2 is 1.63 bits per heavy atom. The van der Waals surface area contributed by atoms with E-state index in [0.29, 0.717) is 6.54 Å². The van der Waals surface area contributed by atoms with E-state index in [4.69, 9.17) is 14.2 Å². The highest BCUT2D eigenvalue weighted by atomic mass is 127. The second kappa shape index (κ2) is 11.6. The fraction of sp³-hybridized carbons (Fsp3) is 0.650. The van der Waals surface area contributed by atoms with E-state index in [1.54, 1.807) is 21.3 Å². The molecule has 0 atom stereocenters. The number of rotatable bonds is 9. The van der Waals surface area contributed by atoms with Crippen molar-refractivity contribution in [3.8, 4) is 11.5 Å². The molecule has 0 saturated carbocycles. The minimum absolute atomic E-state index is 0. The molecule has 0 heterocycles. The number of guanidine groups is 1. The SMILES string of the molecule is CCNC(=NCC(C)(C)OC)NCC(C)(C)c1ccc(OC)c(OC)c1.I. The largest absolute Gasteiger partial charge is 0.493 e. The maximum absolute atomic E-state index is 5.44. The van der Waals surface area contributed by atoms with Gasteiger partial charge in [-0.1, -0.05) is 19.9 Å². The van der Waals surface area contributed by atoms with Gasteiger partial charge in [0.1, 0.15) is 0 Å². The zero-order chi connectivity index (χ0) is 19.8. The van der Waals surface area contributed by atoms with Gasteiger partial charge >= 0.3 is 0 Å². The van der Waals surface area contributed by atoms with Gasteiger partial charge in [-0.2, -0.15) is 0 Å². The summed E-state index contributed by atoms with van der Waals surface area (Å²) >= 11 is 0. The van der Waals surface area contributed by atoms with Crippen LogP contribution in [-0.2, 0) is 10.2 Å². The second-order valence-electron chi connectivity index (χ2n) is 7.47. The standard InChI is InChI=1S/C20H35N3O3.HI/c1-9-21-18(23-14-20(4,5)26-8)22-13-19(2,3)15-10-11-16(24-6)17(12-15)25-7;/h10-12H,9,13-14H2,1-8H3,(H2,21,22,23);1H. The van der Waals surface area contributed by atoms with Crippen LogP contribution in [0, 0.1) is 0 Å². The molecule has 156 valence electrons. The number of hydrogen-bond acceptors (Lipinski definition) is 4. The number of nitrogens with one attached hydrogen (secondary N) is 2. The van der Waals surface area contributed by atoms with E-state index >= 15 is 0 Å². The molecule has 0 radical (unpaired) electrons. The van der Waals surface area contributed by atoms with Crippen LogP contribution >= 0.6 is 24.0 Å². The van der Waals surface area contributed by atoms with Crippen molar-refractivity contribution in [3.63, 3.8) is 0 Å². The van der Waals surface area contributed by atoms with Crippen LogP contribution in [0.15, 0.2) is 23.2 Å². The molecular weight excluding hydrogens is 457 g/mol. The van der Waals surface area contributed by atoms with Gasteiger partial charge < -0.3 is 24.8 Å². The Labute approximate surface area is 181 Å². The van der Waals surface area contributed by atoms with Crippen molar-refractivity contribution >= 4 is 29.9 Å². The van der Waals surface area contributed by atoms with Gasteiger partial charge in [0.2, 0.25) is 0 Å². The molecule has 1 aromatic rings. The summed E-state index contributed by atoms with van der Waals surface area (Å²) < 4.78 is 16.2. The van der Waals surface area contributed by atoms with E-state index in [2.05, 4.69) is 42.5 Å². The van der Waals surface area contributed by atoms with Crippen molar-refractivity contribution in [2.75, 3.05) is 41.0 Å². The van der Waals surface area contributed by atoms with Crippen LogP contribution in [-0.4, -0.2) is 52.5 Å². The van der Waals surface area contributed by atoms with Crippen molar-refractivity contribution in [1.82, 2.24) is 10.6 Å². The van der Waals surface area contributed by atoms with Gasteiger partial charge in [0, 0.05) is 25.6 Å². The molecule has 0 aliphatic rings. The summed E-state index contributed by atoms with van der Waals surface area (Å²) in [7, 11) is 5.00. The molecule has 0 amide bonds. The molecule has 0 aliphatic carbocycles. The Hall–Kier alpha value is -1.22. The molecule has 6 nitrogen and oxygen atoms in total. The van der Waals surface area contributed by atoms with E-state index in [0.717, 1.165) is 36.1 Å². The van der Waals surface area contributed by atoms with Gasteiger partial charge in [-0.25, -0.2) is 0 Å². The number of methoxy groups -OCH3 is 3. The molecule has 27 heavy (non-hydrogen) atoms. The lowest BCUT2D eigenvalue weighted by Crippen LogP contribution is -2.44. The molecule has 0 aromatic heterocycles. The lowest BCUT2D eigenvalue weighted by molar-refractivity contribution is 0.0310. The molecule has 0 fully saturated rings. The molecule has 1 aromatic carbocycles. The van der Waals surface area contributed by atoms with Gasteiger partial charge in [-0.3, -0.25) is 4.99 Å². The first-order chi connectivity index (χ1) is 12.2. The Balaban J connectivity index is 0.00000676. The third-order valence-corrected chi connectivity index (χ3v) is 4.38. The first kappa shape index (κ1) is 25.8. The molecule has 0 aliphatic heterocycles. The van der Waals surface area contributed by atoms with Crippen LogP contribution in [0.2, 0.25) is 0 Å². The Morgan fingerprint density at radius 3 is 2.15 bits per heavy atom. The monoisotopic (exact) mass is 493 g/mol. The van der Waals surface area contributed by atoms with Crippen LogP contribution in [0.5, 0.6) is 11.5 Å². The van der Waals surface area contributed by atoms with Crippen molar-refractivity contribution < 1.29 is 14.2 Å². The van der Waals surface area contributed by atoms with Crippen LogP contribution in [0.1, 0.15) is 40.2 Å². The van der Waals surface area contributed by atoms with Crippen LogP contribution in [0.3, 0.4) is 0 Å². The number of halogens is 1. The van der Waals surface area contributed by atoms with Crippen molar-refractivity contribution in [3.05, 3.63) is 23.8 Å². The van der Waals surface area contributed by atoms with E-state index in [-0.39, 0.29) is 35.0 Å². The molecule has 0 saturated heterocycles. The third-order valence-electron chi connectivity index (χ3n) is 4.38.